The lowest BCUT2D eigenvalue weighted by Gasteiger charge is -2.50. The van der Waals surface area contributed by atoms with Gasteiger partial charge in [-0.3, -0.25) is 19.6 Å². The van der Waals surface area contributed by atoms with E-state index in [1.54, 1.807) is 25.3 Å². The second kappa shape index (κ2) is 18.4. The molecule has 0 aliphatic carbocycles. The van der Waals surface area contributed by atoms with Gasteiger partial charge in [0.2, 0.25) is 11.6 Å². The van der Waals surface area contributed by atoms with E-state index in [0.29, 0.717) is 49.3 Å². The Morgan fingerprint density at radius 2 is 1.86 bits per heavy atom. The van der Waals surface area contributed by atoms with Crippen LogP contribution in [0.25, 0.3) is 33.4 Å². The molecular weight excluding hydrogens is 847 g/mol. The van der Waals surface area contributed by atoms with Crippen molar-refractivity contribution in [3.63, 3.8) is 0 Å². The van der Waals surface area contributed by atoms with Crippen LogP contribution in [0, 0.1) is 23.2 Å². The van der Waals surface area contributed by atoms with Gasteiger partial charge in [-0.2, -0.15) is 5.43 Å². The molecule has 8 rings (SSSR count). The van der Waals surface area contributed by atoms with E-state index in [0.717, 1.165) is 57.8 Å². The first-order chi connectivity index (χ1) is 30.9. The first-order valence-corrected chi connectivity index (χ1v) is 23.9. The average Bonchev–Trinajstić information content (AvgIpc) is 3.84. The van der Waals surface area contributed by atoms with E-state index in [-0.39, 0.29) is 44.0 Å². The second-order valence-corrected chi connectivity index (χ2v) is 20.7. The molecule has 1 aromatic carbocycles. The lowest BCUT2D eigenvalue weighted by Crippen LogP contribution is -2.67. The molecule has 3 N–H and O–H groups in total. The predicted octanol–water partition coefficient (Wildman–Crippen LogP) is 5.09. The standard InChI is InChI=1S/C48H65N9O7S/c1-10-56-38-15-14-30-19-34(38)35(42(56)33-13-11-17-49-40(33)29(4)63-9)21-47(5,6)27-64-45(60)48(62)16-12-18-57(52-48)44(59)36(20-39-50-37(30)26-65-39)51-43(58)41(28(2)3)54(8)46(61)55-24-32(25-55)31-22-53(7)23-31/h11,13-15,17,19,26,28-29,31-32,36,41,52,62H,10,12,16,18,20-25,27H2,1-9H3,(H,51,58)/t29-,36-,41-,48-/m0/s1. The van der Waals surface area contributed by atoms with Crippen LogP contribution < -0.4 is 10.7 Å². The number of hydrogen-bond acceptors (Lipinski definition) is 12. The van der Waals surface area contributed by atoms with Gasteiger partial charge in [0.15, 0.2) is 0 Å². The molecule has 4 atom stereocenters. The highest BCUT2D eigenvalue weighted by Crippen LogP contribution is 2.42. The van der Waals surface area contributed by atoms with E-state index in [1.807, 2.05) is 46.1 Å². The van der Waals surface area contributed by atoms with Crippen LogP contribution in [-0.4, -0.2) is 142 Å². The number of ether oxygens (including phenoxy) is 2. The summed E-state index contributed by atoms with van der Waals surface area (Å²) in [6, 6.07) is 8.07. The lowest BCUT2D eigenvalue weighted by molar-refractivity contribution is -0.189. The number of likely N-dealkylation sites (N-methyl/N-ethyl adjacent to an activating group) is 1. The molecule has 4 amide bonds. The third-order valence-corrected chi connectivity index (χ3v) is 14.7. The SMILES string of the molecule is CCn1c(-c2cccnc2[C@H](C)OC)c2c3cc(ccc31)-c1csc(n1)C[C@H](NC(=O)[C@H](C(C)C)N(C)C(=O)N1CC(C3CN(C)C3)C1)C(=O)N1CCC[C@@](O)(N1)C(=O)OCC(C)(C)C2. The van der Waals surface area contributed by atoms with Crippen LogP contribution in [0.4, 0.5) is 4.79 Å². The number of hydrazine groups is 1. The van der Waals surface area contributed by atoms with Crippen molar-refractivity contribution in [2.75, 3.05) is 60.5 Å². The maximum Gasteiger partial charge on any atom is 0.355 e. The number of methoxy groups -OCH3 is 1. The molecule has 7 heterocycles. The number of nitrogens with one attached hydrogen (secondary N) is 2. The third kappa shape index (κ3) is 9.14. The van der Waals surface area contributed by atoms with E-state index < -0.39 is 41.0 Å². The van der Waals surface area contributed by atoms with Gasteiger partial charge in [-0.1, -0.05) is 33.8 Å². The average molecular weight is 912 g/mol. The number of aromatic nitrogens is 3. The first-order valence-electron chi connectivity index (χ1n) is 23.0. The number of likely N-dealkylation sites (tertiary alicyclic amines) is 2. The highest BCUT2D eigenvalue weighted by atomic mass is 32.1. The Labute approximate surface area is 385 Å². The second-order valence-electron chi connectivity index (χ2n) is 19.7. The lowest BCUT2D eigenvalue weighted by atomic mass is 9.81. The van der Waals surface area contributed by atoms with Gasteiger partial charge in [-0.25, -0.2) is 14.6 Å². The summed E-state index contributed by atoms with van der Waals surface area (Å²) >= 11 is 1.39. The summed E-state index contributed by atoms with van der Waals surface area (Å²) in [6.07, 6.45) is 2.34. The van der Waals surface area contributed by atoms with Gasteiger partial charge in [0.25, 0.3) is 5.91 Å². The molecule has 0 spiro atoms. The molecule has 6 bridgehead atoms. The Kier molecular flexibility index (Phi) is 13.2. The van der Waals surface area contributed by atoms with E-state index in [4.69, 9.17) is 19.4 Å². The number of amides is 4. The molecule has 4 aliphatic rings. The van der Waals surface area contributed by atoms with E-state index in [2.05, 4.69) is 58.4 Å². The summed E-state index contributed by atoms with van der Waals surface area (Å²) in [5, 5.41) is 19.6. The van der Waals surface area contributed by atoms with Crippen molar-refractivity contribution in [3.05, 3.63) is 58.2 Å². The fourth-order valence-corrected chi connectivity index (χ4v) is 11.0. The van der Waals surface area contributed by atoms with Crippen LogP contribution in [0.1, 0.15) is 76.8 Å². The largest absolute Gasteiger partial charge is 0.462 e. The van der Waals surface area contributed by atoms with Crippen LogP contribution in [0.5, 0.6) is 0 Å². The summed E-state index contributed by atoms with van der Waals surface area (Å²) in [6.45, 7) is 16.1. The normalized spacial score (nSPS) is 23.1. The summed E-state index contributed by atoms with van der Waals surface area (Å²) < 4.78 is 14.1. The van der Waals surface area contributed by atoms with Crippen LogP contribution in [0.15, 0.2) is 41.9 Å². The third-order valence-electron chi connectivity index (χ3n) is 13.8. The number of urea groups is 1. The van der Waals surface area contributed by atoms with Crippen LogP contribution in [-0.2, 0) is 43.2 Å². The van der Waals surface area contributed by atoms with Gasteiger partial charge < -0.3 is 39.2 Å². The zero-order chi connectivity index (χ0) is 46.5. The number of pyridine rings is 1. The summed E-state index contributed by atoms with van der Waals surface area (Å²) in [5.41, 5.74) is 6.42. The molecule has 4 aromatic rings. The van der Waals surface area contributed by atoms with Crippen molar-refractivity contribution in [2.24, 2.45) is 23.2 Å². The molecule has 16 nitrogen and oxygen atoms in total. The van der Waals surface area contributed by atoms with Gasteiger partial charge in [0.05, 0.1) is 34.8 Å². The monoisotopic (exact) mass is 911 g/mol. The fourth-order valence-electron chi connectivity index (χ4n) is 10.1. The molecule has 350 valence electrons. The molecule has 3 saturated heterocycles. The Bertz CT molecular complexity index is 2440. The number of cyclic esters (lactones) is 1. The summed E-state index contributed by atoms with van der Waals surface area (Å²) in [4.78, 5) is 72.2. The first kappa shape index (κ1) is 46.6. The molecule has 4 aliphatic heterocycles. The van der Waals surface area contributed by atoms with Crippen LogP contribution in [0.3, 0.4) is 0 Å². The van der Waals surface area contributed by atoms with E-state index >= 15 is 0 Å². The minimum atomic E-state index is -2.20. The number of esters is 1. The molecule has 65 heavy (non-hydrogen) atoms. The van der Waals surface area contributed by atoms with Crippen molar-refractivity contribution in [1.82, 2.24) is 45.0 Å². The highest BCUT2D eigenvalue weighted by Gasteiger charge is 2.47. The summed E-state index contributed by atoms with van der Waals surface area (Å²) in [7, 11) is 5.41. The van der Waals surface area contributed by atoms with Gasteiger partial charge in [-0.15, -0.1) is 11.3 Å². The molecule has 17 heteroatoms. The Morgan fingerprint density at radius 1 is 1.12 bits per heavy atom. The Balaban J connectivity index is 1.15. The number of thiazole rings is 1. The van der Waals surface area contributed by atoms with Gasteiger partial charge in [0, 0.05) is 105 Å². The molecule has 3 fully saturated rings. The molecule has 0 saturated carbocycles. The maximum absolute atomic E-state index is 14.6. The molecule has 3 aromatic heterocycles. The number of aliphatic hydroxyl groups is 1. The van der Waals surface area contributed by atoms with Crippen LogP contribution in [0.2, 0.25) is 0 Å². The molecule has 0 unspecified atom stereocenters. The van der Waals surface area contributed by atoms with Crippen LogP contribution >= 0.6 is 11.3 Å². The van der Waals surface area contributed by atoms with Crippen molar-refractivity contribution in [2.45, 2.75) is 97.7 Å². The minimum absolute atomic E-state index is 0.0123. The summed E-state index contributed by atoms with van der Waals surface area (Å²) in [5.74, 6) is -1.18. The van der Waals surface area contributed by atoms with Crippen molar-refractivity contribution < 1.29 is 33.8 Å². The number of hydrogen-bond donors (Lipinski definition) is 3. The van der Waals surface area contributed by atoms with Crippen molar-refractivity contribution in [3.8, 4) is 22.5 Å². The number of benzene rings is 1. The smallest absolute Gasteiger partial charge is 0.355 e. The van der Waals surface area contributed by atoms with E-state index in [1.165, 1.54) is 21.2 Å². The fraction of sp³-hybridized carbons (Fsp3) is 0.583. The predicted molar refractivity (Wildman–Crippen MR) is 248 cm³/mol. The molecular formula is C48H65N9O7S. The maximum atomic E-state index is 14.6. The molecule has 0 radical (unpaired) electrons. The Morgan fingerprint density at radius 3 is 2.55 bits per heavy atom. The van der Waals surface area contributed by atoms with Crippen molar-refractivity contribution in [1.29, 1.82) is 0 Å². The van der Waals surface area contributed by atoms with E-state index in [9.17, 15) is 24.3 Å². The number of fused-ring (bicyclic) bond motifs is 6. The van der Waals surface area contributed by atoms with Gasteiger partial charge >= 0.3 is 12.0 Å². The number of carbonyl (C=O) groups excluding carboxylic acids is 4. The zero-order valence-electron chi connectivity index (χ0n) is 39.2. The number of nitrogens with zero attached hydrogens (tertiary/aromatic N) is 7. The topological polar surface area (TPSA) is 175 Å². The Hall–Kier alpha value is -4.94. The number of rotatable bonds is 9. The van der Waals surface area contributed by atoms with Crippen molar-refractivity contribution >= 4 is 46.1 Å². The van der Waals surface area contributed by atoms with Gasteiger partial charge in [0.1, 0.15) is 12.1 Å². The highest BCUT2D eigenvalue weighted by molar-refractivity contribution is 7.10. The minimum Gasteiger partial charge on any atom is -0.462 e. The number of carbonyl (C=O) groups is 4. The zero-order valence-corrected chi connectivity index (χ0v) is 40.0. The number of aryl methyl sites for hydroxylation is 1. The quantitative estimate of drug-likeness (QED) is 0.191. The van der Waals surface area contributed by atoms with Gasteiger partial charge in [-0.05, 0) is 81.3 Å².